The molecule has 0 aliphatic carbocycles. The van der Waals surface area contributed by atoms with Crippen LogP contribution in [0.2, 0.25) is 0 Å². The van der Waals surface area contributed by atoms with Gasteiger partial charge in [0.25, 0.3) is 5.56 Å². The lowest BCUT2D eigenvalue weighted by Crippen LogP contribution is -2.33. The standard InChI is InChI=1S/C17H23N5O2S/c1-17(2,3)22-14-12(9-18-22)15(24)21-11(10-25-16(21)19-14)8-13(23)20-6-4-5-7-20/h9,11H,4-8,10H2,1-3H3. The third-order valence-corrected chi connectivity index (χ3v) is 5.97. The molecule has 1 fully saturated rings. The smallest absolute Gasteiger partial charge is 0.265 e. The minimum Gasteiger partial charge on any atom is -0.343 e. The van der Waals surface area contributed by atoms with Gasteiger partial charge in [0.15, 0.2) is 10.8 Å². The monoisotopic (exact) mass is 361 g/mol. The van der Waals surface area contributed by atoms with E-state index in [9.17, 15) is 9.59 Å². The first-order valence-electron chi connectivity index (χ1n) is 8.77. The molecule has 0 spiro atoms. The van der Waals surface area contributed by atoms with Crippen LogP contribution in [0.25, 0.3) is 11.0 Å². The highest BCUT2D eigenvalue weighted by atomic mass is 32.2. The van der Waals surface area contributed by atoms with Gasteiger partial charge in [-0.15, -0.1) is 0 Å². The van der Waals surface area contributed by atoms with Crippen molar-refractivity contribution < 1.29 is 4.79 Å². The van der Waals surface area contributed by atoms with Crippen LogP contribution in [0, 0.1) is 0 Å². The Hall–Kier alpha value is -1.83. The van der Waals surface area contributed by atoms with E-state index in [-0.39, 0.29) is 23.0 Å². The van der Waals surface area contributed by atoms with E-state index in [0.717, 1.165) is 31.7 Å². The van der Waals surface area contributed by atoms with Crippen molar-refractivity contribution in [3.05, 3.63) is 16.6 Å². The number of carbonyl (C=O) groups is 1. The number of amides is 1. The molecule has 2 aromatic heterocycles. The van der Waals surface area contributed by atoms with Crippen molar-refractivity contribution in [2.75, 3.05) is 18.8 Å². The molecule has 2 aromatic rings. The van der Waals surface area contributed by atoms with Gasteiger partial charge in [-0.05, 0) is 33.6 Å². The Morgan fingerprint density at radius 3 is 2.72 bits per heavy atom. The molecule has 0 bridgehead atoms. The van der Waals surface area contributed by atoms with E-state index in [1.165, 1.54) is 0 Å². The van der Waals surface area contributed by atoms with Crippen LogP contribution in [0.4, 0.5) is 0 Å². The summed E-state index contributed by atoms with van der Waals surface area (Å²) >= 11 is 1.55. The van der Waals surface area contributed by atoms with Gasteiger partial charge in [0.1, 0.15) is 5.39 Å². The molecule has 0 saturated carbocycles. The summed E-state index contributed by atoms with van der Waals surface area (Å²) in [6, 6.07) is -0.115. The van der Waals surface area contributed by atoms with E-state index < -0.39 is 0 Å². The fraction of sp³-hybridized carbons (Fsp3) is 0.647. The van der Waals surface area contributed by atoms with Crippen LogP contribution in [0.3, 0.4) is 0 Å². The van der Waals surface area contributed by atoms with Crippen LogP contribution in [-0.4, -0.2) is 49.0 Å². The Kier molecular flexibility index (Phi) is 3.90. The topological polar surface area (TPSA) is 73.0 Å². The highest BCUT2D eigenvalue weighted by Crippen LogP contribution is 2.34. The van der Waals surface area contributed by atoms with Gasteiger partial charge in [0.05, 0.1) is 17.8 Å². The van der Waals surface area contributed by atoms with Crippen molar-refractivity contribution in [1.29, 1.82) is 0 Å². The molecule has 134 valence electrons. The van der Waals surface area contributed by atoms with Crippen molar-refractivity contribution in [2.45, 2.75) is 56.8 Å². The molecule has 2 aliphatic heterocycles. The molecule has 4 heterocycles. The highest BCUT2D eigenvalue weighted by molar-refractivity contribution is 7.99. The Balaban J connectivity index is 1.70. The average Bonchev–Trinajstić information content (AvgIpc) is 3.25. The number of hydrogen-bond donors (Lipinski definition) is 0. The summed E-state index contributed by atoms with van der Waals surface area (Å²) < 4.78 is 3.50. The minimum atomic E-state index is -0.242. The average molecular weight is 361 g/mol. The zero-order valence-corrected chi connectivity index (χ0v) is 15.7. The molecule has 1 atom stereocenters. The second kappa shape index (κ2) is 5.86. The van der Waals surface area contributed by atoms with Gasteiger partial charge < -0.3 is 4.90 Å². The van der Waals surface area contributed by atoms with E-state index in [1.807, 2.05) is 25.7 Å². The maximum atomic E-state index is 13.0. The number of carbonyl (C=O) groups excluding carboxylic acids is 1. The first-order chi connectivity index (χ1) is 11.9. The van der Waals surface area contributed by atoms with Gasteiger partial charge in [-0.25, -0.2) is 9.67 Å². The van der Waals surface area contributed by atoms with Crippen LogP contribution in [0.1, 0.15) is 46.1 Å². The third-order valence-electron chi connectivity index (χ3n) is 4.88. The van der Waals surface area contributed by atoms with E-state index >= 15 is 0 Å². The molecule has 8 heteroatoms. The first kappa shape index (κ1) is 16.6. The summed E-state index contributed by atoms with van der Waals surface area (Å²) in [5.74, 6) is 0.866. The predicted molar refractivity (Wildman–Crippen MR) is 97.0 cm³/mol. The summed E-state index contributed by atoms with van der Waals surface area (Å²) in [4.78, 5) is 32.1. The summed E-state index contributed by atoms with van der Waals surface area (Å²) in [5.41, 5.74) is 0.302. The number of aromatic nitrogens is 4. The molecular formula is C17H23N5O2S. The predicted octanol–water partition coefficient (Wildman–Crippen LogP) is 2.01. The number of likely N-dealkylation sites (tertiary alicyclic amines) is 1. The van der Waals surface area contributed by atoms with E-state index in [0.29, 0.717) is 22.6 Å². The number of rotatable bonds is 2. The van der Waals surface area contributed by atoms with Crippen LogP contribution < -0.4 is 5.56 Å². The van der Waals surface area contributed by atoms with Gasteiger partial charge in [0.2, 0.25) is 5.91 Å². The Labute approximate surface area is 150 Å². The van der Waals surface area contributed by atoms with Crippen molar-refractivity contribution in [2.24, 2.45) is 0 Å². The molecule has 7 nitrogen and oxygen atoms in total. The number of thioether (sulfide) groups is 1. The van der Waals surface area contributed by atoms with Crippen LogP contribution in [-0.2, 0) is 10.3 Å². The van der Waals surface area contributed by atoms with E-state index in [1.54, 1.807) is 27.2 Å². The zero-order valence-electron chi connectivity index (χ0n) is 14.9. The quantitative estimate of drug-likeness (QED) is 0.765. The molecule has 1 saturated heterocycles. The molecule has 1 unspecified atom stereocenters. The Bertz CT molecular complexity index is 889. The molecule has 0 aromatic carbocycles. The number of hydrogen-bond acceptors (Lipinski definition) is 5. The molecular weight excluding hydrogens is 338 g/mol. The van der Waals surface area contributed by atoms with Crippen molar-refractivity contribution in [3.63, 3.8) is 0 Å². The molecule has 25 heavy (non-hydrogen) atoms. The maximum Gasteiger partial charge on any atom is 0.265 e. The van der Waals surface area contributed by atoms with Gasteiger partial charge >= 0.3 is 0 Å². The lowest BCUT2D eigenvalue weighted by atomic mass is 10.1. The largest absolute Gasteiger partial charge is 0.343 e. The van der Waals surface area contributed by atoms with Crippen LogP contribution >= 0.6 is 11.8 Å². The minimum absolute atomic E-state index is 0.0836. The van der Waals surface area contributed by atoms with Crippen LogP contribution in [0.15, 0.2) is 16.1 Å². The molecule has 2 aliphatic rings. The van der Waals surface area contributed by atoms with E-state index in [4.69, 9.17) is 4.98 Å². The third kappa shape index (κ3) is 2.76. The fourth-order valence-corrected chi connectivity index (χ4v) is 4.70. The van der Waals surface area contributed by atoms with Crippen molar-refractivity contribution in [1.82, 2.24) is 24.2 Å². The number of fused-ring (bicyclic) bond motifs is 2. The van der Waals surface area contributed by atoms with Gasteiger partial charge in [-0.1, -0.05) is 11.8 Å². The van der Waals surface area contributed by atoms with Gasteiger partial charge in [0, 0.05) is 25.3 Å². The SMILES string of the molecule is CC(C)(C)n1ncc2c(=O)n3c(nc21)SCC3CC(=O)N1CCCC1. The molecule has 4 rings (SSSR count). The maximum absolute atomic E-state index is 13.0. The van der Waals surface area contributed by atoms with Gasteiger partial charge in [-0.2, -0.15) is 5.10 Å². The summed E-state index contributed by atoms with van der Waals surface area (Å²) in [6.45, 7) is 7.80. The summed E-state index contributed by atoms with van der Waals surface area (Å²) in [5, 5.41) is 5.60. The van der Waals surface area contributed by atoms with Crippen molar-refractivity contribution in [3.8, 4) is 0 Å². The molecule has 0 N–H and O–H groups in total. The first-order valence-corrected chi connectivity index (χ1v) is 9.76. The highest BCUT2D eigenvalue weighted by Gasteiger charge is 2.32. The summed E-state index contributed by atoms with van der Waals surface area (Å²) in [6.07, 6.45) is 4.14. The second-order valence-corrected chi connectivity index (χ2v) is 8.78. The van der Waals surface area contributed by atoms with E-state index in [2.05, 4.69) is 5.10 Å². The Morgan fingerprint density at radius 2 is 2.04 bits per heavy atom. The second-order valence-electron chi connectivity index (χ2n) is 7.79. The molecule has 1 amide bonds. The molecule has 0 radical (unpaired) electrons. The lowest BCUT2D eigenvalue weighted by molar-refractivity contribution is -0.130. The Morgan fingerprint density at radius 1 is 1.32 bits per heavy atom. The summed E-state index contributed by atoms with van der Waals surface area (Å²) in [7, 11) is 0. The fourth-order valence-electron chi connectivity index (χ4n) is 3.57. The lowest BCUT2D eigenvalue weighted by Gasteiger charge is -2.20. The normalized spacial score (nSPS) is 20.4. The van der Waals surface area contributed by atoms with Gasteiger partial charge in [-0.3, -0.25) is 14.2 Å². The van der Waals surface area contributed by atoms with Crippen LogP contribution in [0.5, 0.6) is 0 Å². The zero-order chi connectivity index (χ0) is 17.8. The number of nitrogens with zero attached hydrogens (tertiary/aromatic N) is 5. The van der Waals surface area contributed by atoms with Crippen molar-refractivity contribution >= 4 is 28.7 Å².